The van der Waals surface area contributed by atoms with Gasteiger partial charge < -0.3 is 9.64 Å². The Balaban J connectivity index is 2.48. The number of likely N-dealkylation sites (N-methyl/N-ethyl adjacent to an activating group) is 1. The summed E-state index contributed by atoms with van der Waals surface area (Å²) in [6.45, 7) is 3.82. The molecule has 0 saturated heterocycles. The van der Waals surface area contributed by atoms with E-state index in [1.165, 1.54) is 5.56 Å². The Morgan fingerprint density at radius 2 is 2.46 bits per heavy atom. The van der Waals surface area contributed by atoms with Crippen LogP contribution in [-0.2, 0) is 6.42 Å². The van der Waals surface area contributed by atoms with Crippen molar-refractivity contribution in [3.63, 3.8) is 0 Å². The first-order valence-corrected chi connectivity index (χ1v) is 4.64. The zero-order valence-electron chi connectivity index (χ0n) is 8.08. The minimum atomic E-state index is 0.766. The van der Waals surface area contributed by atoms with Crippen molar-refractivity contribution in [2.24, 2.45) is 0 Å². The average molecular weight is 178 g/mol. The molecule has 13 heavy (non-hydrogen) atoms. The molecule has 0 fully saturated rings. The molecule has 1 aromatic rings. The van der Waals surface area contributed by atoms with E-state index in [1.807, 2.05) is 19.3 Å². The van der Waals surface area contributed by atoms with Gasteiger partial charge in [0.05, 0.1) is 6.54 Å². The summed E-state index contributed by atoms with van der Waals surface area (Å²) in [4.78, 5) is 6.45. The van der Waals surface area contributed by atoms with E-state index in [1.54, 1.807) is 0 Å². The Labute approximate surface area is 78.3 Å². The molecule has 0 bridgehead atoms. The number of rotatable bonds is 1. The summed E-state index contributed by atoms with van der Waals surface area (Å²) >= 11 is 0. The van der Waals surface area contributed by atoms with Gasteiger partial charge in [-0.1, -0.05) is 6.92 Å². The van der Waals surface area contributed by atoms with Crippen molar-refractivity contribution in [1.82, 2.24) is 4.98 Å². The van der Waals surface area contributed by atoms with Crippen LogP contribution in [0.1, 0.15) is 12.5 Å². The molecule has 0 N–H and O–H groups in total. The van der Waals surface area contributed by atoms with Gasteiger partial charge in [0, 0.05) is 13.2 Å². The summed E-state index contributed by atoms with van der Waals surface area (Å²) < 4.78 is 5.61. The fraction of sp³-hybridized carbons (Fsp3) is 0.500. The van der Waals surface area contributed by atoms with Crippen LogP contribution in [0.2, 0.25) is 0 Å². The first-order valence-electron chi connectivity index (χ1n) is 4.64. The summed E-state index contributed by atoms with van der Waals surface area (Å²) in [5, 5.41) is 0. The minimum Gasteiger partial charge on any atom is -0.488 e. The number of aromatic nitrogens is 1. The third-order valence-electron chi connectivity index (χ3n) is 2.38. The monoisotopic (exact) mass is 178 g/mol. The lowest BCUT2D eigenvalue weighted by Crippen LogP contribution is -2.30. The number of ether oxygens (including phenoxy) is 1. The van der Waals surface area contributed by atoms with Crippen LogP contribution in [0.3, 0.4) is 0 Å². The molecule has 1 aliphatic heterocycles. The fourth-order valence-electron chi connectivity index (χ4n) is 1.57. The maximum absolute atomic E-state index is 5.61. The van der Waals surface area contributed by atoms with Gasteiger partial charge >= 0.3 is 0 Å². The van der Waals surface area contributed by atoms with Crippen molar-refractivity contribution in [1.29, 1.82) is 0 Å². The van der Waals surface area contributed by atoms with Crippen LogP contribution in [0.15, 0.2) is 12.3 Å². The second-order valence-electron chi connectivity index (χ2n) is 3.25. The van der Waals surface area contributed by atoms with Gasteiger partial charge in [-0.3, -0.25) is 0 Å². The van der Waals surface area contributed by atoms with Crippen molar-refractivity contribution < 1.29 is 4.74 Å². The molecule has 0 spiro atoms. The second-order valence-corrected chi connectivity index (χ2v) is 3.25. The number of fused-ring (bicyclic) bond motifs is 1. The van der Waals surface area contributed by atoms with Gasteiger partial charge in [0.25, 0.3) is 0 Å². The van der Waals surface area contributed by atoms with Crippen LogP contribution in [0.5, 0.6) is 5.75 Å². The number of nitrogens with zero attached hydrogens (tertiary/aromatic N) is 2. The Hall–Kier alpha value is -1.25. The van der Waals surface area contributed by atoms with Crippen LogP contribution in [-0.4, -0.2) is 25.2 Å². The third-order valence-corrected chi connectivity index (χ3v) is 2.38. The highest BCUT2D eigenvalue weighted by Crippen LogP contribution is 2.31. The first-order chi connectivity index (χ1) is 6.33. The Bertz CT molecular complexity index is 312. The van der Waals surface area contributed by atoms with Crippen LogP contribution >= 0.6 is 0 Å². The molecule has 0 aromatic carbocycles. The molecule has 1 aliphatic rings. The number of pyridine rings is 1. The van der Waals surface area contributed by atoms with Crippen molar-refractivity contribution in [2.75, 3.05) is 25.1 Å². The van der Waals surface area contributed by atoms with E-state index < -0.39 is 0 Å². The van der Waals surface area contributed by atoms with Crippen molar-refractivity contribution in [3.8, 4) is 5.75 Å². The summed E-state index contributed by atoms with van der Waals surface area (Å²) in [5.41, 5.74) is 1.25. The van der Waals surface area contributed by atoms with Gasteiger partial charge in [-0.25, -0.2) is 4.98 Å². The van der Waals surface area contributed by atoms with Gasteiger partial charge in [-0.2, -0.15) is 0 Å². The molecule has 70 valence electrons. The lowest BCUT2D eigenvalue weighted by Gasteiger charge is -2.27. The van der Waals surface area contributed by atoms with Crippen LogP contribution in [0.4, 0.5) is 5.82 Å². The standard InChI is InChI=1S/C10H14N2O/c1-3-8-4-5-11-10-9(8)13-7-6-12(10)2/h4-5H,3,6-7H2,1-2H3. The summed E-state index contributed by atoms with van der Waals surface area (Å²) in [6.07, 6.45) is 2.85. The molecular weight excluding hydrogens is 164 g/mol. The zero-order valence-corrected chi connectivity index (χ0v) is 8.08. The molecule has 2 rings (SSSR count). The Morgan fingerprint density at radius 3 is 3.23 bits per heavy atom. The van der Waals surface area contributed by atoms with Gasteiger partial charge in [-0.05, 0) is 18.1 Å². The van der Waals surface area contributed by atoms with E-state index in [0.717, 1.165) is 31.1 Å². The minimum absolute atomic E-state index is 0.766. The molecule has 0 saturated carbocycles. The lowest BCUT2D eigenvalue weighted by molar-refractivity contribution is 0.306. The SMILES string of the molecule is CCc1ccnc2c1OCCN2C. The average Bonchev–Trinajstić information content (AvgIpc) is 2.18. The highest BCUT2D eigenvalue weighted by atomic mass is 16.5. The number of hydrogen-bond acceptors (Lipinski definition) is 3. The predicted octanol–water partition coefficient (Wildman–Crippen LogP) is 1.47. The van der Waals surface area contributed by atoms with Crippen LogP contribution in [0, 0.1) is 0 Å². The van der Waals surface area contributed by atoms with Crippen LogP contribution < -0.4 is 9.64 Å². The van der Waals surface area contributed by atoms with E-state index in [0.29, 0.717) is 0 Å². The van der Waals surface area contributed by atoms with Gasteiger partial charge in [0.15, 0.2) is 11.6 Å². The largest absolute Gasteiger partial charge is 0.488 e. The molecule has 3 heteroatoms. The normalized spacial score (nSPS) is 15.1. The maximum Gasteiger partial charge on any atom is 0.171 e. The molecule has 2 heterocycles. The van der Waals surface area contributed by atoms with Crippen molar-refractivity contribution in [3.05, 3.63) is 17.8 Å². The lowest BCUT2D eigenvalue weighted by atomic mass is 10.1. The number of hydrogen-bond donors (Lipinski definition) is 0. The van der Waals surface area contributed by atoms with Crippen molar-refractivity contribution >= 4 is 5.82 Å². The molecule has 0 radical (unpaired) electrons. The maximum atomic E-state index is 5.61. The van der Waals surface area contributed by atoms with Crippen LogP contribution in [0.25, 0.3) is 0 Å². The number of anilines is 1. The van der Waals surface area contributed by atoms with Gasteiger partial charge in [0.1, 0.15) is 6.61 Å². The second kappa shape index (κ2) is 3.24. The van der Waals surface area contributed by atoms with Gasteiger partial charge in [-0.15, -0.1) is 0 Å². The third kappa shape index (κ3) is 1.34. The Kier molecular flexibility index (Phi) is 2.08. The van der Waals surface area contributed by atoms with E-state index in [2.05, 4.69) is 16.8 Å². The van der Waals surface area contributed by atoms with E-state index >= 15 is 0 Å². The smallest absolute Gasteiger partial charge is 0.171 e. The van der Waals surface area contributed by atoms with Gasteiger partial charge in [0.2, 0.25) is 0 Å². The quantitative estimate of drug-likeness (QED) is 0.651. The molecule has 1 aromatic heterocycles. The summed E-state index contributed by atoms with van der Waals surface area (Å²) in [5.74, 6) is 1.95. The van der Waals surface area contributed by atoms with E-state index in [-0.39, 0.29) is 0 Å². The molecule has 0 aliphatic carbocycles. The fourth-order valence-corrected chi connectivity index (χ4v) is 1.57. The molecular formula is C10H14N2O. The van der Waals surface area contributed by atoms with E-state index in [4.69, 9.17) is 4.74 Å². The Morgan fingerprint density at radius 1 is 1.62 bits per heavy atom. The highest BCUT2D eigenvalue weighted by molar-refractivity contribution is 5.57. The van der Waals surface area contributed by atoms with E-state index in [9.17, 15) is 0 Å². The molecule has 3 nitrogen and oxygen atoms in total. The van der Waals surface area contributed by atoms with Crippen molar-refractivity contribution in [2.45, 2.75) is 13.3 Å². The summed E-state index contributed by atoms with van der Waals surface area (Å²) in [6, 6.07) is 2.03. The summed E-state index contributed by atoms with van der Waals surface area (Å²) in [7, 11) is 2.05. The first kappa shape index (κ1) is 8.35. The molecule has 0 amide bonds. The highest BCUT2D eigenvalue weighted by Gasteiger charge is 2.18. The zero-order chi connectivity index (χ0) is 9.26. The molecule has 0 unspecified atom stereocenters. The number of aryl methyl sites for hydroxylation is 1. The topological polar surface area (TPSA) is 25.4 Å². The molecule has 0 atom stereocenters. The predicted molar refractivity (Wildman–Crippen MR) is 52.4 cm³/mol.